The van der Waals surface area contributed by atoms with Crippen LogP contribution in [0.15, 0.2) is 52.7 Å². The number of nitrogens with zero attached hydrogens (tertiary/aromatic N) is 3. The number of hydrazone groups is 1. The van der Waals surface area contributed by atoms with Gasteiger partial charge in [-0.25, -0.2) is 10.5 Å². The number of H-pyrrole nitrogens is 1. The molecule has 0 saturated carbocycles. The number of benzene rings is 2. The first-order valence-corrected chi connectivity index (χ1v) is 9.97. The second-order valence-electron chi connectivity index (χ2n) is 6.12. The molecular weight excluding hydrogens is 408 g/mol. The van der Waals surface area contributed by atoms with Crippen LogP contribution in [0.3, 0.4) is 0 Å². The van der Waals surface area contributed by atoms with Crippen LogP contribution in [0, 0.1) is 0 Å². The molecule has 0 bridgehead atoms. The summed E-state index contributed by atoms with van der Waals surface area (Å²) in [6.07, 6.45) is 1.58. The smallest absolute Gasteiger partial charge is 0.240 e. The highest BCUT2D eigenvalue weighted by Crippen LogP contribution is 2.32. The highest BCUT2D eigenvalue weighted by molar-refractivity contribution is 7.99. The number of anilines is 2. The van der Waals surface area contributed by atoms with Gasteiger partial charge in [-0.3, -0.25) is 4.79 Å². The van der Waals surface area contributed by atoms with Gasteiger partial charge in [0.1, 0.15) is 19.0 Å². The van der Waals surface area contributed by atoms with Crippen LogP contribution in [0.25, 0.3) is 0 Å². The summed E-state index contributed by atoms with van der Waals surface area (Å²) in [5.41, 5.74) is 4.16. The van der Waals surface area contributed by atoms with Crippen LogP contribution in [0.4, 0.5) is 11.6 Å². The number of rotatable bonds is 7. The molecule has 11 heteroatoms. The molecule has 0 atom stereocenters. The van der Waals surface area contributed by atoms with E-state index in [-0.39, 0.29) is 17.4 Å². The Bertz CT molecular complexity index is 1050. The van der Waals surface area contributed by atoms with E-state index in [1.165, 1.54) is 11.8 Å². The molecule has 10 nitrogen and oxygen atoms in total. The Hall–Kier alpha value is -3.73. The number of hydrogen-bond donors (Lipinski definition) is 4. The summed E-state index contributed by atoms with van der Waals surface area (Å²) in [6, 6.07) is 11.9. The predicted octanol–water partition coefficient (Wildman–Crippen LogP) is 2.46. The molecule has 0 radical (unpaired) electrons. The van der Waals surface area contributed by atoms with Crippen molar-refractivity contribution in [3.05, 3.63) is 48.0 Å². The molecule has 0 aliphatic carbocycles. The maximum Gasteiger partial charge on any atom is 0.240 e. The summed E-state index contributed by atoms with van der Waals surface area (Å²) < 4.78 is 11.0. The number of nitrogens with one attached hydrogen (secondary N) is 3. The summed E-state index contributed by atoms with van der Waals surface area (Å²) >= 11 is 1.19. The van der Waals surface area contributed by atoms with E-state index >= 15 is 0 Å². The van der Waals surface area contributed by atoms with E-state index in [0.717, 1.165) is 5.56 Å². The molecule has 4 N–H and O–H groups in total. The third-order valence-corrected chi connectivity index (χ3v) is 4.75. The van der Waals surface area contributed by atoms with Gasteiger partial charge in [0.15, 0.2) is 11.5 Å². The third kappa shape index (κ3) is 5.20. The average molecular weight is 426 g/mol. The quantitative estimate of drug-likeness (QED) is 0.257. The number of carbonyl (C=O) groups excluding carboxylic acids is 1. The molecule has 2 heterocycles. The normalized spacial score (nSPS) is 12.7. The van der Waals surface area contributed by atoms with Gasteiger partial charge >= 0.3 is 0 Å². The van der Waals surface area contributed by atoms with Crippen LogP contribution >= 0.6 is 11.8 Å². The number of aromatic nitrogens is 3. The molecule has 1 amide bonds. The van der Waals surface area contributed by atoms with Crippen LogP contribution in [0.5, 0.6) is 17.2 Å². The minimum atomic E-state index is -0.193. The number of aromatic amines is 1. The Morgan fingerprint density at radius 1 is 1.20 bits per heavy atom. The topological polar surface area (TPSA) is 134 Å². The molecular formula is C19H18N6O4S. The van der Waals surface area contributed by atoms with Gasteiger partial charge in [-0.05, 0) is 42.0 Å². The third-order valence-electron chi connectivity index (χ3n) is 3.90. The molecule has 2 aromatic carbocycles. The van der Waals surface area contributed by atoms with Gasteiger partial charge in [0.05, 0.1) is 12.0 Å². The number of aromatic hydroxyl groups is 1. The van der Waals surface area contributed by atoms with Gasteiger partial charge < -0.3 is 19.9 Å². The van der Waals surface area contributed by atoms with E-state index in [1.807, 2.05) is 0 Å². The monoisotopic (exact) mass is 426 g/mol. The first kappa shape index (κ1) is 19.6. The molecule has 30 heavy (non-hydrogen) atoms. The number of ether oxygens (including phenoxy) is 2. The lowest BCUT2D eigenvalue weighted by Crippen LogP contribution is -2.17. The number of fused-ring (bicyclic) bond motifs is 1. The second-order valence-corrected chi connectivity index (χ2v) is 7.07. The van der Waals surface area contributed by atoms with E-state index < -0.39 is 0 Å². The van der Waals surface area contributed by atoms with E-state index in [9.17, 15) is 9.90 Å². The van der Waals surface area contributed by atoms with Crippen molar-refractivity contribution in [2.45, 2.75) is 5.16 Å². The lowest BCUT2D eigenvalue weighted by Gasteiger charge is -2.18. The van der Waals surface area contributed by atoms with Gasteiger partial charge in [-0.1, -0.05) is 11.8 Å². The molecule has 0 unspecified atom stereocenters. The molecule has 4 rings (SSSR count). The Balaban J connectivity index is 1.24. The Labute approximate surface area is 175 Å². The fraction of sp³-hybridized carbons (Fsp3) is 0.158. The van der Waals surface area contributed by atoms with Crippen LogP contribution < -0.4 is 20.2 Å². The standard InChI is InChI=1S/C19H18N6O4S/c26-14-4-1-12(2-5-14)10-20-23-18-22-19(25-24-18)30-11-17(27)21-13-3-6-15-16(9-13)29-8-7-28-15/h1-6,9-10,26H,7-8,11H2,(H,21,27)(H2,22,23,24,25)/b20-10+. The van der Waals surface area contributed by atoms with Crippen LogP contribution in [0.2, 0.25) is 0 Å². The zero-order valence-electron chi connectivity index (χ0n) is 15.7. The fourth-order valence-corrected chi connectivity index (χ4v) is 3.14. The molecule has 3 aromatic rings. The molecule has 0 saturated heterocycles. The Kier molecular flexibility index (Phi) is 5.99. The fourth-order valence-electron chi connectivity index (χ4n) is 2.54. The van der Waals surface area contributed by atoms with Crippen LogP contribution in [-0.2, 0) is 4.79 Å². The van der Waals surface area contributed by atoms with Crippen LogP contribution in [-0.4, -0.2) is 51.4 Å². The minimum absolute atomic E-state index is 0.141. The lowest BCUT2D eigenvalue weighted by molar-refractivity contribution is -0.113. The molecule has 0 fully saturated rings. The van der Waals surface area contributed by atoms with Crippen molar-refractivity contribution < 1.29 is 19.4 Å². The molecule has 0 spiro atoms. The molecule has 154 valence electrons. The Morgan fingerprint density at radius 3 is 2.83 bits per heavy atom. The maximum absolute atomic E-state index is 12.2. The van der Waals surface area contributed by atoms with E-state index in [2.05, 4.69) is 31.0 Å². The van der Waals surface area contributed by atoms with Gasteiger partial charge in [0.2, 0.25) is 17.0 Å². The van der Waals surface area contributed by atoms with E-state index in [0.29, 0.717) is 41.5 Å². The largest absolute Gasteiger partial charge is 0.508 e. The van der Waals surface area contributed by atoms with Gasteiger partial charge in [-0.2, -0.15) is 10.1 Å². The first-order valence-electron chi connectivity index (χ1n) is 8.98. The van der Waals surface area contributed by atoms with Crippen LogP contribution in [0.1, 0.15) is 5.56 Å². The number of phenolic OH excluding ortho intramolecular Hbond substituents is 1. The van der Waals surface area contributed by atoms with Gasteiger partial charge in [0.25, 0.3) is 0 Å². The van der Waals surface area contributed by atoms with E-state index in [1.54, 1.807) is 48.7 Å². The summed E-state index contributed by atoms with van der Waals surface area (Å²) in [7, 11) is 0. The first-order chi connectivity index (χ1) is 14.7. The van der Waals surface area contributed by atoms with Gasteiger partial charge in [0, 0.05) is 11.8 Å². The van der Waals surface area contributed by atoms with Crippen molar-refractivity contribution in [1.82, 2.24) is 15.2 Å². The number of hydrogen-bond acceptors (Lipinski definition) is 9. The van der Waals surface area contributed by atoms with Crippen molar-refractivity contribution in [2.75, 3.05) is 29.7 Å². The summed E-state index contributed by atoms with van der Waals surface area (Å²) in [5, 5.41) is 23.2. The molecule has 1 aliphatic rings. The van der Waals surface area contributed by atoms with Gasteiger partial charge in [-0.15, -0.1) is 5.10 Å². The number of thioether (sulfide) groups is 1. The summed E-state index contributed by atoms with van der Waals surface area (Å²) in [5.74, 6) is 1.77. The number of amides is 1. The number of phenols is 1. The van der Waals surface area contributed by atoms with Crippen molar-refractivity contribution in [3.63, 3.8) is 0 Å². The molecule has 1 aliphatic heterocycles. The number of carbonyl (C=O) groups is 1. The second kappa shape index (κ2) is 9.18. The summed E-state index contributed by atoms with van der Waals surface area (Å²) in [4.78, 5) is 16.4. The van der Waals surface area contributed by atoms with Crippen molar-refractivity contribution >= 4 is 35.5 Å². The average Bonchev–Trinajstić information content (AvgIpc) is 3.21. The zero-order chi connectivity index (χ0) is 20.8. The molecule has 1 aromatic heterocycles. The highest BCUT2D eigenvalue weighted by Gasteiger charge is 2.13. The highest BCUT2D eigenvalue weighted by atomic mass is 32.2. The van der Waals surface area contributed by atoms with E-state index in [4.69, 9.17) is 9.47 Å². The van der Waals surface area contributed by atoms with Crippen molar-refractivity contribution in [3.8, 4) is 17.2 Å². The Morgan fingerprint density at radius 2 is 2.00 bits per heavy atom. The van der Waals surface area contributed by atoms with Crippen molar-refractivity contribution in [1.29, 1.82) is 0 Å². The maximum atomic E-state index is 12.2. The lowest BCUT2D eigenvalue weighted by atomic mass is 10.2. The SMILES string of the molecule is O=C(CSc1n[nH]c(N/N=C/c2ccc(O)cc2)n1)Nc1ccc2c(c1)OCCO2. The van der Waals surface area contributed by atoms with Crippen molar-refractivity contribution in [2.24, 2.45) is 5.10 Å². The summed E-state index contributed by atoms with van der Waals surface area (Å²) in [6.45, 7) is 1.01. The minimum Gasteiger partial charge on any atom is -0.508 e. The predicted molar refractivity (Wildman–Crippen MR) is 112 cm³/mol. The zero-order valence-corrected chi connectivity index (χ0v) is 16.5.